The van der Waals surface area contributed by atoms with Crippen molar-refractivity contribution in [3.63, 3.8) is 0 Å². The van der Waals surface area contributed by atoms with Crippen molar-refractivity contribution in [3.8, 4) is 0 Å². The van der Waals surface area contributed by atoms with Crippen molar-refractivity contribution in [2.75, 3.05) is 19.8 Å². The van der Waals surface area contributed by atoms with Gasteiger partial charge in [0, 0.05) is 5.41 Å². The molecule has 1 aromatic rings. The van der Waals surface area contributed by atoms with E-state index in [1.54, 1.807) is 0 Å². The van der Waals surface area contributed by atoms with Crippen LogP contribution in [0.3, 0.4) is 0 Å². The molecule has 0 N–H and O–H groups in total. The van der Waals surface area contributed by atoms with E-state index in [0.717, 1.165) is 32.3 Å². The summed E-state index contributed by atoms with van der Waals surface area (Å²) in [6.07, 6.45) is 1.31. The highest BCUT2D eigenvalue weighted by molar-refractivity contribution is 5.13. The molecule has 2 aliphatic rings. The van der Waals surface area contributed by atoms with Crippen LogP contribution in [0.1, 0.15) is 12.0 Å². The number of benzene rings is 1. The molecule has 2 nitrogen and oxygen atoms in total. The number of ether oxygens (including phenoxy) is 2. The van der Waals surface area contributed by atoms with Crippen molar-refractivity contribution < 1.29 is 9.47 Å². The van der Waals surface area contributed by atoms with Crippen LogP contribution in [0.25, 0.3) is 0 Å². The van der Waals surface area contributed by atoms with Gasteiger partial charge in [-0.2, -0.15) is 0 Å². The monoisotopic (exact) mass is 204 g/mol. The molecule has 80 valence electrons. The molecule has 1 aliphatic carbocycles. The fourth-order valence-electron chi connectivity index (χ4n) is 2.41. The molecule has 0 bridgehead atoms. The fourth-order valence-corrected chi connectivity index (χ4v) is 2.41. The molecule has 1 saturated heterocycles. The Morgan fingerprint density at radius 1 is 1.33 bits per heavy atom. The third-order valence-electron chi connectivity index (χ3n) is 3.57. The number of rotatable bonds is 4. The Hall–Kier alpha value is -0.860. The fraction of sp³-hybridized carbons (Fsp3) is 0.538. The second-order valence-electron chi connectivity index (χ2n) is 4.76. The lowest BCUT2D eigenvalue weighted by atomic mass is 10.1. The molecule has 3 rings (SSSR count). The van der Waals surface area contributed by atoms with Crippen LogP contribution in [0.4, 0.5) is 0 Å². The second kappa shape index (κ2) is 3.62. The van der Waals surface area contributed by atoms with Gasteiger partial charge in [0.15, 0.2) is 0 Å². The highest BCUT2D eigenvalue weighted by Crippen LogP contribution is 2.56. The quantitative estimate of drug-likeness (QED) is 0.748. The van der Waals surface area contributed by atoms with Crippen LogP contribution in [-0.2, 0) is 16.1 Å². The molecule has 1 aliphatic heterocycles. The minimum absolute atomic E-state index is 0.398. The topological polar surface area (TPSA) is 18.5 Å². The molecule has 0 spiro atoms. The average molecular weight is 204 g/mol. The summed E-state index contributed by atoms with van der Waals surface area (Å²) in [5, 5.41) is 0. The van der Waals surface area contributed by atoms with Gasteiger partial charge in [-0.15, -0.1) is 0 Å². The van der Waals surface area contributed by atoms with Crippen LogP contribution >= 0.6 is 0 Å². The van der Waals surface area contributed by atoms with Gasteiger partial charge in [0.1, 0.15) is 0 Å². The van der Waals surface area contributed by atoms with Crippen LogP contribution in [-0.4, -0.2) is 19.8 Å². The lowest BCUT2D eigenvalue weighted by Gasteiger charge is -2.11. The zero-order valence-electron chi connectivity index (χ0n) is 8.82. The molecule has 15 heavy (non-hydrogen) atoms. The Bertz CT molecular complexity index is 336. The summed E-state index contributed by atoms with van der Waals surface area (Å²) in [6.45, 7) is 3.46. The van der Waals surface area contributed by atoms with Gasteiger partial charge >= 0.3 is 0 Å². The zero-order chi connectivity index (χ0) is 10.1. The first-order chi connectivity index (χ1) is 7.39. The summed E-state index contributed by atoms with van der Waals surface area (Å²) in [5.41, 5.74) is 1.65. The average Bonchev–Trinajstić information content (AvgIpc) is 2.82. The third kappa shape index (κ3) is 1.80. The second-order valence-corrected chi connectivity index (χ2v) is 4.76. The van der Waals surface area contributed by atoms with Crippen LogP contribution in [0.2, 0.25) is 0 Å². The SMILES string of the molecule is c1ccc(COCC23COCC2C3)cc1. The van der Waals surface area contributed by atoms with Crippen molar-refractivity contribution in [1.82, 2.24) is 0 Å². The largest absolute Gasteiger partial charge is 0.380 e. The molecule has 2 unspecified atom stereocenters. The zero-order valence-corrected chi connectivity index (χ0v) is 8.82. The van der Waals surface area contributed by atoms with Crippen molar-refractivity contribution in [2.45, 2.75) is 13.0 Å². The Morgan fingerprint density at radius 3 is 2.87 bits per heavy atom. The Labute approximate surface area is 90.2 Å². The predicted molar refractivity (Wildman–Crippen MR) is 57.5 cm³/mol. The molecular formula is C13H16O2. The Morgan fingerprint density at radius 2 is 2.20 bits per heavy atom. The predicted octanol–water partition coefficient (Wildman–Crippen LogP) is 2.24. The van der Waals surface area contributed by atoms with Gasteiger partial charge in [-0.1, -0.05) is 30.3 Å². The highest BCUT2D eigenvalue weighted by atomic mass is 16.5. The van der Waals surface area contributed by atoms with E-state index in [1.165, 1.54) is 12.0 Å². The normalized spacial score (nSPS) is 32.7. The van der Waals surface area contributed by atoms with Gasteiger partial charge < -0.3 is 9.47 Å². The van der Waals surface area contributed by atoms with Crippen LogP contribution in [0.5, 0.6) is 0 Å². The van der Waals surface area contributed by atoms with Crippen molar-refractivity contribution in [3.05, 3.63) is 35.9 Å². The Kier molecular flexibility index (Phi) is 2.26. The van der Waals surface area contributed by atoms with Gasteiger partial charge in [-0.25, -0.2) is 0 Å². The first-order valence-electron chi connectivity index (χ1n) is 5.58. The number of fused-ring (bicyclic) bond motifs is 1. The van der Waals surface area contributed by atoms with Crippen molar-refractivity contribution >= 4 is 0 Å². The van der Waals surface area contributed by atoms with Gasteiger partial charge in [0.2, 0.25) is 0 Å². The summed E-state index contributed by atoms with van der Waals surface area (Å²) in [5.74, 6) is 0.785. The van der Waals surface area contributed by atoms with Crippen molar-refractivity contribution in [1.29, 1.82) is 0 Å². The molecule has 0 amide bonds. The first kappa shape index (κ1) is 9.37. The van der Waals surface area contributed by atoms with Gasteiger partial charge in [-0.05, 0) is 17.9 Å². The number of hydrogen-bond donors (Lipinski definition) is 0. The Balaban J connectivity index is 1.48. The molecule has 2 heteroatoms. The maximum atomic E-state index is 5.77. The third-order valence-corrected chi connectivity index (χ3v) is 3.57. The molecular weight excluding hydrogens is 188 g/mol. The van der Waals surface area contributed by atoms with E-state index in [0.29, 0.717) is 5.41 Å². The van der Waals surface area contributed by atoms with Gasteiger partial charge in [0.25, 0.3) is 0 Å². The standard InChI is InChI=1S/C13H16O2/c1-2-4-11(5-3-1)7-14-9-13-6-12(13)8-15-10-13/h1-5,12H,6-10H2. The highest BCUT2D eigenvalue weighted by Gasteiger charge is 2.58. The first-order valence-corrected chi connectivity index (χ1v) is 5.58. The molecule has 1 heterocycles. The van der Waals surface area contributed by atoms with E-state index >= 15 is 0 Å². The molecule has 1 aromatic carbocycles. The van der Waals surface area contributed by atoms with Crippen molar-refractivity contribution in [2.24, 2.45) is 11.3 Å². The summed E-state index contributed by atoms with van der Waals surface area (Å²) in [6, 6.07) is 10.3. The summed E-state index contributed by atoms with van der Waals surface area (Å²) in [7, 11) is 0. The minimum atomic E-state index is 0.398. The van der Waals surface area contributed by atoms with Crippen LogP contribution < -0.4 is 0 Å². The summed E-state index contributed by atoms with van der Waals surface area (Å²) >= 11 is 0. The molecule has 2 fully saturated rings. The summed E-state index contributed by atoms with van der Waals surface area (Å²) in [4.78, 5) is 0. The number of hydrogen-bond acceptors (Lipinski definition) is 2. The van der Waals surface area contributed by atoms with Gasteiger partial charge in [-0.3, -0.25) is 0 Å². The van der Waals surface area contributed by atoms with Crippen LogP contribution in [0.15, 0.2) is 30.3 Å². The van der Waals surface area contributed by atoms with Gasteiger partial charge in [0.05, 0.1) is 26.4 Å². The molecule has 0 aromatic heterocycles. The minimum Gasteiger partial charge on any atom is -0.380 e. The van der Waals surface area contributed by atoms with E-state index in [1.807, 2.05) is 6.07 Å². The lowest BCUT2D eigenvalue weighted by molar-refractivity contribution is 0.0549. The maximum absolute atomic E-state index is 5.77. The molecule has 0 radical (unpaired) electrons. The molecule has 1 saturated carbocycles. The lowest BCUT2D eigenvalue weighted by Crippen LogP contribution is -2.14. The maximum Gasteiger partial charge on any atom is 0.0717 e. The van der Waals surface area contributed by atoms with E-state index in [2.05, 4.69) is 24.3 Å². The molecule has 2 atom stereocenters. The van der Waals surface area contributed by atoms with E-state index < -0.39 is 0 Å². The summed E-state index contributed by atoms with van der Waals surface area (Å²) < 4.78 is 11.2. The van der Waals surface area contributed by atoms with E-state index in [4.69, 9.17) is 9.47 Å². The van der Waals surface area contributed by atoms with E-state index in [-0.39, 0.29) is 0 Å². The smallest absolute Gasteiger partial charge is 0.0717 e. The van der Waals surface area contributed by atoms with E-state index in [9.17, 15) is 0 Å². The van der Waals surface area contributed by atoms with Crippen LogP contribution in [0, 0.1) is 11.3 Å².